The minimum atomic E-state index is -4.02. The molecule has 4 atom stereocenters. The smallest absolute Gasteiger partial charge is 0.264 e. The predicted octanol–water partition coefficient (Wildman–Crippen LogP) is 3.69. The van der Waals surface area contributed by atoms with Crippen LogP contribution in [0, 0.1) is 23.7 Å². The Morgan fingerprint density at radius 3 is 2.76 bits per heavy atom. The van der Waals surface area contributed by atoms with Gasteiger partial charge in [0.1, 0.15) is 11.8 Å². The fourth-order valence-corrected chi connectivity index (χ4v) is 7.52. The average Bonchev–Trinajstić information content (AvgIpc) is 2.83. The number of amides is 1. The molecule has 1 amide bonds. The molecule has 2 bridgehead atoms. The normalized spacial score (nSPS) is 26.6. The van der Waals surface area contributed by atoms with Crippen molar-refractivity contribution in [2.45, 2.75) is 43.6 Å². The second-order valence-electron chi connectivity index (χ2n) is 9.51. The molecule has 10 heteroatoms. The van der Waals surface area contributed by atoms with Crippen molar-refractivity contribution in [1.29, 1.82) is 0 Å². The van der Waals surface area contributed by atoms with Gasteiger partial charge in [0, 0.05) is 10.9 Å². The summed E-state index contributed by atoms with van der Waals surface area (Å²) in [6, 6.07) is 7.55. The second kappa shape index (κ2) is 9.02. The molecule has 2 unspecified atom stereocenters. The maximum atomic E-state index is 13.5. The van der Waals surface area contributed by atoms with E-state index in [0.29, 0.717) is 28.5 Å². The molecule has 1 aromatic carbocycles. The summed E-state index contributed by atoms with van der Waals surface area (Å²) in [5.74, 6) is 1.54. The Kier molecular flexibility index (Phi) is 6.20. The highest BCUT2D eigenvalue weighted by atomic mass is 35.5. The van der Waals surface area contributed by atoms with Crippen LogP contribution in [0.2, 0.25) is 5.02 Å². The number of fused-ring (bicyclic) bond motifs is 3. The number of hydrogen-bond donors (Lipinski definition) is 2. The Morgan fingerprint density at radius 2 is 2.09 bits per heavy atom. The Labute approximate surface area is 204 Å². The first-order valence-electron chi connectivity index (χ1n) is 11.6. The Morgan fingerprint density at radius 1 is 1.32 bits per heavy atom. The topological polar surface area (TPSA) is 109 Å². The highest BCUT2D eigenvalue weighted by molar-refractivity contribution is 7.92. The van der Waals surface area contributed by atoms with E-state index in [4.69, 9.17) is 16.3 Å². The maximum absolute atomic E-state index is 13.5. The van der Waals surface area contributed by atoms with Crippen molar-refractivity contribution in [2.24, 2.45) is 23.7 Å². The summed E-state index contributed by atoms with van der Waals surface area (Å²) in [6.07, 6.45) is 5.54. The van der Waals surface area contributed by atoms with Crippen LogP contribution in [0.1, 0.15) is 32.6 Å². The number of nitrogens with zero attached hydrogens (tertiary/aromatic N) is 2. The minimum Gasteiger partial charge on any atom is -0.468 e. The van der Waals surface area contributed by atoms with Crippen molar-refractivity contribution in [2.75, 3.05) is 22.8 Å². The number of sulfonamides is 1. The highest BCUT2D eigenvalue weighted by Gasteiger charge is 2.47. The Hall–Kier alpha value is -2.36. The van der Waals surface area contributed by atoms with Crippen molar-refractivity contribution in [1.82, 2.24) is 4.98 Å². The van der Waals surface area contributed by atoms with Crippen LogP contribution in [-0.2, 0) is 14.8 Å². The molecule has 2 aliphatic carbocycles. The number of benzene rings is 1. The van der Waals surface area contributed by atoms with E-state index < -0.39 is 16.1 Å². The van der Waals surface area contributed by atoms with Crippen LogP contribution < -0.4 is 14.4 Å². The van der Waals surface area contributed by atoms with E-state index in [0.717, 1.165) is 4.31 Å². The van der Waals surface area contributed by atoms with Gasteiger partial charge in [0.25, 0.3) is 10.0 Å². The van der Waals surface area contributed by atoms with E-state index >= 15 is 0 Å². The SMILES string of the molecule is C[C@H](C(=O)Nc1cnc2c(c1)N(S(=O)(=O)c1cccc(Cl)c1)C[C@H](CO)O2)C1C2CCCC1C2. The van der Waals surface area contributed by atoms with E-state index in [9.17, 15) is 18.3 Å². The highest BCUT2D eigenvalue weighted by Crippen LogP contribution is 2.54. The standard InChI is InChI=1S/C24H28ClN3O5S/c1-14(22-15-4-2-5-16(22)8-15)23(30)27-18-10-21-24(26-11-18)33-19(13-29)12-28(21)34(31,32)20-7-3-6-17(25)9-20/h3,6-7,9-11,14-16,19,22,29H,2,4-5,8,12-13H2,1H3,(H,27,30)/t14-,15?,16?,19+,22?/m0/s1. The summed E-state index contributed by atoms with van der Waals surface area (Å²) >= 11 is 6.03. The Balaban J connectivity index is 1.42. The third kappa shape index (κ3) is 4.14. The number of aliphatic hydroxyl groups is 1. The number of ether oxygens (including phenoxy) is 1. The first-order valence-corrected chi connectivity index (χ1v) is 13.5. The molecule has 1 aromatic heterocycles. The molecule has 2 fully saturated rings. The molecule has 34 heavy (non-hydrogen) atoms. The summed E-state index contributed by atoms with van der Waals surface area (Å²) in [6.45, 7) is 1.50. The lowest BCUT2D eigenvalue weighted by atomic mass is 9.53. The third-order valence-corrected chi connectivity index (χ3v) is 9.45. The lowest BCUT2D eigenvalue weighted by molar-refractivity contribution is -0.127. The van der Waals surface area contributed by atoms with Gasteiger partial charge in [-0.05, 0) is 48.4 Å². The second-order valence-corrected chi connectivity index (χ2v) is 11.8. The fourth-order valence-electron chi connectivity index (χ4n) is 5.74. The van der Waals surface area contributed by atoms with E-state index in [2.05, 4.69) is 10.3 Å². The van der Waals surface area contributed by atoms with Crippen LogP contribution in [0.5, 0.6) is 5.88 Å². The van der Waals surface area contributed by atoms with Crippen LogP contribution in [-0.4, -0.2) is 43.7 Å². The van der Waals surface area contributed by atoms with E-state index in [1.807, 2.05) is 6.92 Å². The molecular weight excluding hydrogens is 478 g/mol. The van der Waals surface area contributed by atoms with Gasteiger partial charge in [-0.25, -0.2) is 13.4 Å². The lowest BCUT2D eigenvalue weighted by Crippen LogP contribution is -2.47. The van der Waals surface area contributed by atoms with Crippen molar-refractivity contribution in [3.8, 4) is 5.88 Å². The molecule has 0 saturated heterocycles. The number of nitrogens with one attached hydrogen (secondary N) is 1. The van der Waals surface area contributed by atoms with Gasteiger partial charge in [-0.2, -0.15) is 0 Å². The fraction of sp³-hybridized carbons (Fsp3) is 0.500. The number of carbonyl (C=O) groups excluding carboxylic acids is 1. The molecule has 2 saturated carbocycles. The molecule has 5 rings (SSSR count). The summed E-state index contributed by atoms with van der Waals surface area (Å²) in [4.78, 5) is 17.3. The molecule has 2 aromatic rings. The van der Waals surface area contributed by atoms with E-state index in [1.165, 1.54) is 44.0 Å². The summed E-state index contributed by atoms with van der Waals surface area (Å²) < 4.78 is 33.8. The number of rotatable bonds is 6. The molecule has 2 heterocycles. The van der Waals surface area contributed by atoms with Crippen molar-refractivity contribution in [3.63, 3.8) is 0 Å². The zero-order chi connectivity index (χ0) is 24.0. The average molecular weight is 506 g/mol. The molecule has 0 spiro atoms. The van der Waals surface area contributed by atoms with Crippen molar-refractivity contribution < 1.29 is 23.1 Å². The number of carbonyl (C=O) groups is 1. The number of aliphatic hydroxyl groups excluding tert-OH is 1. The number of halogens is 1. The van der Waals surface area contributed by atoms with Crippen LogP contribution in [0.4, 0.5) is 11.4 Å². The number of aromatic nitrogens is 1. The minimum absolute atomic E-state index is 0.0177. The maximum Gasteiger partial charge on any atom is 0.264 e. The van der Waals surface area contributed by atoms with Crippen molar-refractivity contribution >= 4 is 38.9 Å². The first kappa shape index (κ1) is 23.4. The van der Waals surface area contributed by atoms with Crippen LogP contribution in [0.25, 0.3) is 0 Å². The molecule has 182 valence electrons. The summed E-state index contributed by atoms with van der Waals surface area (Å²) in [5, 5.41) is 12.9. The summed E-state index contributed by atoms with van der Waals surface area (Å²) in [7, 11) is -4.02. The van der Waals surface area contributed by atoms with Gasteiger partial charge < -0.3 is 15.2 Å². The van der Waals surface area contributed by atoms with Crippen LogP contribution in [0.15, 0.2) is 41.4 Å². The van der Waals surface area contributed by atoms with Gasteiger partial charge in [-0.1, -0.05) is 43.9 Å². The first-order chi connectivity index (χ1) is 16.3. The predicted molar refractivity (Wildman–Crippen MR) is 128 cm³/mol. The number of anilines is 2. The third-order valence-electron chi connectivity index (χ3n) is 7.44. The molecule has 0 radical (unpaired) electrons. The van der Waals surface area contributed by atoms with Crippen LogP contribution >= 0.6 is 11.6 Å². The van der Waals surface area contributed by atoms with E-state index in [-0.39, 0.29) is 41.4 Å². The summed E-state index contributed by atoms with van der Waals surface area (Å²) in [5.41, 5.74) is 0.605. The van der Waals surface area contributed by atoms with E-state index in [1.54, 1.807) is 18.2 Å². The van der Waals surface area contributed by atoms with Gasteiger partial charge >= 0.3 is 0 Å². The zero-order valence-corrected chi connectivity index (χ0v) is 20.4. The molecular formula is C24H28ClN3O5S. The lowest BCUT2D eigenvalue weighted by Gasteiger charge is -2.51. The molecule has 8 nitrogen and oxygen atoms in total. The number of hydrogen-bond acceptors (Lipinski definition) is 6. The van der Waals surface area contributed by atoms with Gasteiger partial charge in [0.05, 0.1) is 29.9 Å². The zero-order valence-electron chi connectivity index (χ0n) is 18.9. The molecule has 1 aliphatic heterocycles. The largest absolute Gasteiger partial charge is 0.468 e. The Bertz CT molecular complexity index is 1190. The molecule has 3 aliphatic rings. The van der Waals surface area contributed by atoms with Crippen molar-refractivity contribution in [3.05, 3.63) is 41.6 Å². The van der Waals surface area contributed by atoms with Crippen LogP contribution in [0.3, 0.4) is 0 Å². The quantitative estimate of drug-likeness (QED) is 0.619. The van der Waals surface area contributed by atoms with Gasteiger partial charge in [0.2, 0.25) is 11.8 Å². The molecule has 2 N–H and O–H groups in total. The van der Waals surface area contributed by atoms with Gasteiger partial charge in [-0.3, -0.25) is 9.10 Å². The number of pyridine rings is 1. The monoisotopic (exact) mass is 505 g/mol. The van der Waals surface area contributed by atoms with Gasteiger partial charge in [-0.15, -0.1) is 0 Å². The van der Waals surface area contributed by atoms with Gasteiger partial charge in [0.15, 0.2) is 0 Å².